The van der Waals surface area contributed by atoms with Crippen molar-refractivity contribution in [1.82, 2.24) is 10.3 Å². The molecule has 26 heavy (non-hydrogen) atoms. The summed E-state index contributed by atoms with van der Waals surface area (Å²) in [6.45, 7) is 0.111. The van der Waals surface area contributed by atoms with E-state index in [2.05, 4.69) is 15.0 Å². The molecule has 2 aromatic rings. The average Bonchev–Trinajstić information content (AvgIpc) is 2.59. The Balaban J connectivity index is 1.81. The van der Waals surface area contributed by atoms with Crippen LogP contribution in [-0.4, -0.2) is 30.3 Å². The van der Waals surface area contributed by atoms with Crippen LogP contribution in [0, 0.1) is 0 Å². The fourth-order valence-electron chi connectivity index (χ4n) is 1.94. The third-order valence-electron chi connectivity index (χ3n) is 3.17. The first kappa shape index (κ1) is 19.8. The molecule has 0 saturated carbocycles. The first-order valence-corrected chi connectivity index (χ1v) is 7.94. The normalized spacial score (nSPS) is 12.3. The molecule has 0 aliphatic heterocycles. The van der Waals surface area contributed by atoms with Crippen molar-refractivity contribution in [3.8, 4) is 11.5 Å². The van der Waals surface area contributed by atoms with Crippen LogP contribution < -0.4 is 14.8 Å². The Kier molecular flexibility index (Phi) is 6.68. The van der Waals surface area contributed by atoms with Crippen LogP contribution in [0.15, 0.2) is 42.6 Å². The molecule has 0 radical (unpaired) electrons. The third-order valence-corrected chi connectivity index (χ3v) is 3.42. The van der Waals surface area contributed by atoms with Crippen LogP contribution >= 0.6 is 11.6 Å². The van der Waals surface area contributed by atoms with Gasteiger partial charge in [0.2, 0.25) is 0 Å². The number of pyridine rings is 1. The number of nitrogens with one attached hydrogen (secondary N) is 1. The average molecular weight is 389 g/mol. The topological polar surface area (TPSA) is 60.5 Å². The number of rotatable bonds is 7. The molecule has 1 N–H and O–H groups in total. The second kappa shape index (κ2) is 8.75. The predicted molar refractivity (Wildman–Crippen MR) is 89.3 cm³/mol. The molecule has 0 fully saturated rings. The van der Waals surface area contributed by atoms with E-state index in [1.165, 1.54) is 18.3 Å². The van der Waals surface area contributed by atoms with Gasteiger partial charge in [0.1, 0.15) is 11.5 Å². The number of carbonyl (C=O) groups is 1. The Morgan fingerprint density at radius 3 is 2.38 bits per heavy atom. The molecule has 1 heterocycles. The highest BCUT2D eigenvalue weighted by atomic mass is 35.5. The Bertz CT molecular complexity index is 722. The Labute approximate surface area is 153 Å². The van der Waals surface area contributed by atoms with Crippen molar-refractivity contribution in [2.45, 2.75) is 19.1 Å². The van der Waals surface area contributed by atoms with Crippen LogP contribution in [0.4, 0.5) is 13.2 Å². The number of alkyl halides is 3. The number of ether oxygens (including phenoxy) is 2. The molecule has 2 rings (SSSR count). The zero-order valence-electron chi connectivity index (χ0n) is 13.7. The maximum atomic E-state index is 12.1. The van der Waals surface area contributed by atoms with E-state index in [4.69, 9.17) is 16.3 Å². The quantitative estimate of drug-likeness (QED) is 0.780. The monoisotopic (exact) mass is 388 g/mol. The summed E-state index contributed by atoms with van der Waals surface area (Å²) in [6.07, 6.45) is -3.24. The largest absolute Gasteiger partial charge is 0.484 e. The second-order valence-corrected chi connectivity index (χ2v) is 5.79. The number of hydrogen-bond donors (Lipinski definition) is 1. The highest BCUT2D eigenvalue weighted by molar-refractivity contribution is 6.30. The molecule has 0 spiro atoms. The number of nitrogens with zero attached hydrogens (tertiary/aromatic N) is 1. The molecule has 0 unspecified atom stereocenters. The fraction of sp³-hybridized carbons (Fsp3) is 0.294. The number of carbonyl (C=O) groups excluding carboxylic acids is 1. The van der Waals surface area contributed by atoms with Crippen molar-refractivity contribution >= 4 is 17.5 Å². The van der Waals surface area contributed by atoms with Gasteiger partial charge in [-0.3, -0.25) is 9.78 Å². The molecule has 0 aliphatic rings. The van der Waals surface area contributed by atoms with Gasteiger partial charge < -0.3 is 14.8 Å². The minimum absolute atomic E-state index is 0.00401. The Morgan fingerprint density at radius 2 is 1.81 bits per heavy atom. The number of benzene rings is 1. The lowest BCUT2D eigenvalue weighted by atomic mass is 10.2. The molecule has 0 bridgehead atoms. The molecule has 1 aromatic carbocycles. The Hall–Kier alpha value is -2.48. The van der Waals surface area contributed by atoms with Gasteiger partial charge in [-0.2, -0.15) is 13.2 Å². The van der Waals surface area contributed by atoms with Gasteiger partial charge in [-0.25, -0.2) is 0 Å². The van der Waals surface area contributed by atoms with Crippen LogP contribution in [0.5, 0.6) is 11.5 Å². The maximum absolute atomic E-state index is 12.1. The van der Waals surface area contributed by atoms with Crippen molar-refractivity contribution in [3.05, 3.63) is 53.3 Å². The molecule has 1 amide bonds. The van der Waals surface area contributed by atoms with Crippen LogP contribution in [0.1, 0.15) is 18.7 Å². The van der Waals surface area contributed by atoms with E-state index < -0.39 is 18.8 Å². The van der Waals surface area contributed by atoms with Gasteiger partial charge in [-0.1, -0.05) is 11.6 Å². The number of aromatic nitrogens is 1. The highest BCUT2D eigenvalue weighted by Crippen LogP contribution is 2.19. The summed E-state index contributed by atoms with van der Waals surface area (Å²) in [4.78, 5) is 15.9. The molecule has 0 aliphatic carbocycles. The molecule has 5 nitrogen and oxygen atoms in total. The molecule has 1 atom stereocenters. The summed E-state index contributed by atoms with van der Waals surface area (Å²) in [5.74, 6) is 0.129. The van der Waals surface area contributed by atoms with Gasteiger partial charge in [-0.15, -0.1) is 0 Å². The summed E-state index contributed by atoms with van der Waals surface area (Å²) < 4.78 is 46.2. The summed E-state index contributed by atoms with van der Waals surface area (Å²) in [5, 5.41) is 3.24. The maximum Gasteiger partial charge on any atom is 0.422 e. The van der Waals surface area contributed by atoms with E-state index in [-0.39, 0.29) is 18.3 Å². The number of amides is 1. The molecule has 0 saturated heterocycles. The van der Waals surface area contributed by atoms with Crippen molar-refractivity contribution in [3.63, 3.8) is 0 Å². The first-order chi connectivity index (χ1) is 12.2. The fourth-order valence-corrected chi connectivity index (χ4v) is 2.06. The lowest BCUT2D eigenvalue weighted by molar-refractivity contribution is -0.153. The minimum Gasteiger partial charge on any atom is -0.484 e. The molecule has 140 valence electrons. The molecular formula is C17H16ClF3N2O3. The zero-order chi connectivity index (χ0) is 19.2. The summed E-state index contributed by atoms with van der Waals surface area (Å²) in [6, 6.07) is 8.96. The molecular weight excluding hydrogens is 373 g/mol. The van der Waals surface area contributed by atoms with E-state index in [0.29, 0.717) is 16.5 Å². The lowest BCUT2D eigenvalue weighted by Crippen LogP contribution is -2.31. The second-order valence-electron chi connectivity index (χ2n) is 5.35. The van der Waals surface area contributed by atoms with Gasteiger partial charge in [0.15, 0.2) is 13.2 Å². The van der Waals surface area contributed by atoms with Crippen LogP contribution in [0.2, 0.25) is 5.02 Å². The minimum atomic E-state index is -4.41. The van der Waals surface area contributed by atoms with Crippen LogP contribution in [0.3, 0.4) is 0 Å². The van der Waals surface area contributed by atoms with E-state index in [1.807, 2.05) is 0 Å². The molecule has 1 aromatic heterocycles. The first-order valence-electron chi connectivity index (χ1n) is 7.56. The van der Waals surface area contributed by atoms with Crippen molar-refractivity contribution in [2.24, 2.45) is 0 Å². The van der Waals surface area contributed by atoms with Crippen LogP contribution in [-0.2, 0) is 4.79 Å². The summed E-state index contributed by atoms with van der Waals surface area (Å²) >= 11 is 5.76. The van der Waals surface area contributed by atoms with Gasteiger partial charge in [0, 0.05) is 5.02 Å². The van der Waals surface area contributed by atoms with E-state index in [1.54, 1.807) is 31.2 Å². The zero-order valence-corrected chi connectivity index (χ0v) is 14.5. The smallest absolute Gasteiger partial charge is 0.422 e. The van der Waals surface area contributed by atoms with Gasteiger partial charge >= 0.3 is 6.18 Å². The number of halogens is 4. The number of hydrogen-bond acceptors (Lipinski definition) is 4. The summed E-state index contributed by atoms with van der Waals surface area (Å²) in [5.41, 5.74) is 0.476. The lowest BCUT2D eigenvalue weighted by Gasteiger charge is -2.15. The van der Waals surface area contributed by atoms with Crippen molar-refractivity contribution in [1.29, 1.82) is 0 Å². The standard InChI is InChI=1S/C17H16ClF3N2O3/c1-11(15-7-6-14(8-22-15)26-10-17(19,20)21)23-16(24)9-25-13-4-2-12(18)3-5-13/h2-8,11H,9-10H2,1H3,(H,23,24)/t11-/m0/s1. The Morgan fingerprint density at radius 1 is 1.15 bits per heavy atom. The van der Waals surface area contributed by atoms with Gasteiger partial charge in [0.25, 0.3) is 5.91 Å². The molecule has 9 heteroatoms. The highest BCUT2D eigenvalue weighted by Gasteiger charge is 2.28. The SMILES string of the molecule is C[C@H](NC(=O)COc1ccc(Cl)cc1)c1ccc(OCC(F)(F)F)cn1. The van der Waals surface area contributed by atoms with E-state index in [9.17, 15) is 18.0 Å². The predicted octanol–water partition coefficient (Wildman–Crippen LogP) is 3.93. The van der Waals surface area contributed by atoms with E-state index >= 15 is 0 Å². The van der Waals surface area contributed by atoms with E-state index in [0.717, 1.165) is 0 Å². The van der Waals surface area contributed by atoms with Gasteiger partial charge in [0.05, 0.1) is 17.9 Å². The van der Waals surface area contributed by atoms with Gasteiger partial charge in [-0.05, 0) is 43.3 Å². The van der Waals surface area contributed by atoms with Crippen molar-refractivity contribution in [2.75, 3.05) is 13.2 Å². The van der Waals surface area contributed by atoms with Crippen molar-refractivity contribution < 1.29 is 27.4 Å². The summed E-state index contributed by atoms with van der Waals surface area (Å²) in [7, 11) is 0. The van der Waals surface area contributed by atoms with Crippen LogP contribution in [0.25, 0.3) is 0 Å². The third kappa shape index (κ3) is 6.79.